The molecule has 2 heterocycles. The van der Waals surface area contributed by atoms with Crippen molar-refractivity contribution in [3.05, 3.63) is 22.4 Å². The molecule has 1 N–H and O–H groups in total. The summed E-state index contributed by atoms with van der Waals surface area (Å²) in [5.41, 5.74) is 0. The number of β-amino-alcohol motifs (C(OH)–C–C–N with tert-alkyl or cyclic N) is 1. The highest BCUT2D eigenvalue weighted by Gasteiger charge is 2.27. The fourth-order valence-electron chi connectivity index (χ4n) is 2.07. The van der Waals surface area contributed by atoms with Crippen LogP contribution in [0.15, 0.2) is 17.5 Å². The normalized spacial score (nSPS) is 22.4. The van der Waals surface area contributed by atoms with Crippen molar-refractivity contribution in [2.45, 2.75) is 25.9 Å². The Bertz CT molecular complexity index is 350. The smallest absolute Gasteiger partial charge is 0.225 e. The van der Waals surface area contributed by atoms with E-state index in [4.69, 9.17) is 0 Å². The molecule has 1 aliphatic heterocycles. The molecule has 0 aromatic carbocycles. The van der Waals surface area contributed by atoms with E-state index in [0.29, 0.717) is 13.1 Å². The van der Waals surface area contributed by atoms with Crippen LogP contribution in [0.5, 0.6) is 0 Å². The summed E-state index contributed by atoms with van der Waals surface area (Å²) in [6.07, 6.45) is 1.21. The fourth-order valence-corrected chi connectivity index (χ4v) is 2.91. The van der Waals surface area contributed by atoms with Crippen LogP contribution in [0.25, 0.3) is 0 Å². The van der Waals surface area contributed by atoms with E-state index in [1.165, 1.54) is 4.88 Å². The molecule has 1 aliphatic rings. The van der Waals surface area contributed by atoms with Crippen molar-refractivity contribution < 1.29 is 9.90 Å². The second-order valence-corrected chi connectivity index (χ2v) is 5.44. The first-order chi connectivity index (χ1) is 7.66. The van der Waals surface area contributed by atoms with E-state index in [-0.39, 0.29) is 17.9 Å². The molecule has 1 amide bonds. The number of likely N-dealkylation sites (tertiary alicyclic amines) is 1. The zero-order valence-corrected chi connectivity index (χ0v) is 10.2. The highest BCUT2D eigenvalue weighted by atomic mass is 32.1. The van der Waals surface area contributed by atoms with Gasteiger partial charge in [-0.3, -0.25) is 4.79 Å². The van der Waals surface area contributed by atoms with Crippen LogP contribution in [-0.2, 0) is 11.2 Å². The molecule has 1 aromatic heterocycles. The van der Waals surface area contributed by atoms with E-state index in [1.54, 1.807) is 16.2 Å². The number of thiophene rings is 1. The van der Waals surface area contributed by atoms with Gasteiger partial charge in [-0.15, -0.1) is 11.3 Å². The SMILES string of the molecule is CC(Cc1cccs1)C(=O)N1CC[C@@H](O)C1. The molecular formula is C12H17NO2S. The van der Waals surface area contributed by atoms with E-state index in [0.717, 1.165) is 12.8 Å². The summed E-state index contributed by atoms with van der Waals surface area (Å²) in [5, 5.41) is 11.4. The lowest BCUT2D eigenvalue weighted by molar-refractivity contribution is -0.134. The molecule has 3 nitrogen and oxygen atoms in total. The first-order valence-corrected chi connectivity index (χ1v) is 6.54. The van der Waals surface area contributed by atoms with E-state index in [2.05, 4.69) is 6.07 Å². The number of rotatable bonds is 3. The monoisotopic (exact) mass is 239 g/mol. The molecule has 1 unspecified atom stereocenters. The Morgan fingerprint density at radius 2 is 2.56 bits per heavy atom. The lowest BCUT2D eigenvalue weighted by atomic mass is 10.1. The summed E-state index contributed by atoms with van der Waals surface area (Å²) in [4.78, 5) is 15.1. The van der Waals surface area contributed by atoms with Gasteiger partial charge in [0.15, 0.2) is 0 Å². The number of nitrogens with zero attached hydrogens (tertiary/aromatic N) is 1. The Kier molecular flexibility index (Phi) is 3.61. The summed E-state index contributed by atoms with van der Waals surface area (Å²) < 4.78 is 0. The maximum absolute atomic E-state index is 12.0. The van der Waals surface area contributed by atoms with Crippen molar-refractivity contribution in [3.63, 3.8) is 0 Å². The third-order valence-corrected chi connectivity index (χ3v) is 3.88. The summed E-state index contributed by atoms with van der Waals surface area (Å²) >= 11 is 1.69. The molecule has 88 valence electrons. The third-order valence-electron chi connectivity index (χ3n) is 2.98. The zero-order valence-electron chi connectivity index (χ0n) is 9.43. The Morgan fingerprint density at radius 1 is 1.75 bits per heavy atom. The minimum atomic E-state index is -0.321. The van der Waals surface area contributed by atoms with Crippen molar-refractivity contribution in [3.8, 4) is 0 Å². The highest BCUT2D eigenvalue weighted by Crippen LogP contribution is 2.18. The van der Waals surface area contributed by atoms with Gasteiger partial charge in [0.25, 0.3) is 0 Å². The van der Waals surface area contributed by atoms with Crippen molar-refractivity contribution in [2.75, 3.05) is 13.1 Å². The molecule has 2 rings (SSSR count). The number of amides is 1. The second-order valence-electron chi connectivity index (χ2n) is 4.41. The molecule has 0 aliphatic carbocycles. The number of carbonyl (C=O) groups excluding carboxylic acids is 1. The first-order valence-electron chi connectivity index (χ1n) is 5.66. The lowest BCUT2D eigenvalue weighted by Gasteiger charge is -2.19. The zero-order chi connectivity index (χ0) is 11.5. The minimum Gasteiger partial charge on any atom is -0.391 e. The van der Waals surface area contributed by atoms with Gasteiger partial charge in [-0.1, -0.05) is 13.0 Å². The van der Waals surface area contributed by atoms with E-state index in [9.17, 15) is 9.90 Å². The van der Waals surface area contributed by atoms with Crippen LogP contribution in [0, 0.1) is 5.92 Å². The molecule has 2 atom stereocenters. The number of hydrogen-bond acceptors (Lipinski definition) is 3. The number of aliphatic hydroxyl groups is 1. The van der Waals surface area contributed by atoms with Crippen molar-refractivity contribution in [2.24, 2.45) is 5.92 Å². The molecule has 0 bridgehead atoms. The number of aliphatic hydroxyl groups excluding tert-OH is 1. The van der Waals surface area contributed by atoms with Gasteiger partial charge in [0.05, 0.1) is 6.10 Å². The summed E-state index contributed by atoms with van der Waals surface area (Å²) in [5.74, 6) is 0.189. The Morgan fingerprint density at radius 3 is 3.12 bits per heavy atom. The highest BCUT2D eigenvalue weighted by molar-refractivity contribution is 7.09. The van der Waals surface area contributed by atoms with Gasteiger partial charge in [-0.25, -0.2) is 0 Å². The molecule has 1 aromatic rings. The van der Waals surface area contributed by atoms with Crippen LogP contribution in [0.3, 0.4) is 0 Å². The topological polar surface area (TPSA) is 40.5 Å². The number of carbonyl (C=O) groups is 1. The maximum Gasteiger partial charge on any atom is 0.225 e. The maximum atomic E-state index is 12.0. The summed E-state index contributed by atoms with van der Waals surface area (Å²) in [6, 6.07) is 4.07. The Balaban J connectivity index is 1.89. The fraction of sp³-hybridized carbons (Fsp3) is 0.583. The molecule has 16 heavy (non-hydrogen) atoms. The summed E-state index contributed by atoms with van der Waals surface area (Å²) in [6.45, 7) is 3.18. The van der Waals surface area contributed by atoms with Crippen molar-refractivity contribution in [1.82, 2.24) is 4.90 Å². The largest absolute Gasteiger partial charge is 0.391 e. The van der Waals surface area contributed by atoms with E-state index in [1.807, 2.05) is 18.4 Å². The quantitative estimate of drug-likeness (QED) is 0.869. The van der Waals surface area contributed by atoms with Crippen molar-refractivity contribution >= 4 is 17.2 Å². The first kappa shape index (κ1) is 11.6. The van der Waals surface area contributed by atoms with Gasteiger partial charge in [-0.05, 0) is 24.3 Å². The molecular weight excluding hydrogens is 222 g/mol. The second kappa shape index (κ2) is 4.97. The molecule has 1 saturated heterocycles. The molecule has 0 saturated carbocycles. The average Bonchev–Trinajstić information content (AvgIpc) is 2.88. The van der Waals surface area contributed by atoms with Crippen LogP contribution in [0.4, 0.5) is 0 Å². The van der Waals surface area contributed by atoms with Gasteiger partial charge in [0.1, 0.15) is 0 Å². The van der Waals surface area contributed by atoms with Crippen LogP contribution in [0.2, 0.25) is 0 Å². The van der Waals surface area contributed by atoms with Gasteiger partial charge in [-0.2, -0.15) is 0 Å². The van der Waals surface area contributed by atoms with Gasteiger partial charge in [0, 0.05) is 23.9 Å². The number of hydrogen-bond donors (Lipinski definition) is 1. The van der Waals surface area contributed by atoms with Crippen molar-refractivity contribution in [1.29, 1.82) is 0 Å². The predicted molar refractivity (Wildman–Crippen MR) is 64.4 cm³/mol. The van der Waals surface area contributed by atoms with E-state index < -0.39 is 0 Å². The van der Waals surface area contributed by atoms with Gasteiger partial charge in [0.2, 0.25) is 5.91 Å². The molecule has 4 heteroatoms. The average molecular weight is 239 g/mol. The molecule has 1 fully saturated rings. The Labute approximate surface area is 99.7 Å². The van der Waals surface area contributed by atoms with E-state index >= 15 is 0 Å². The molecule has 0 radical (unpaired) electrons. The summed E-state index contributed by atoms with van der Waals surface area (Å²) in [7, 11) is 0. The van der Waals surface area contributed by atoms with Crippen LogP contribution in [0.1, 0.15) is 18.2 Å². The third kappa shape index (κ3) is 2.62. The molecule has 0 spiro atoms. The van der Waals surface area contributed by atoms with Gasteiger partial charge < -0.3 is 10.0 Å². The van der Waals surface area contributed by atoms with Crippen LogP contribution < -0.4 is 0 Å². The Hall–Kier alpha value is -0.870. The lowest BCUT2D eigenvalue weighted by Crippen LogP contribution is -2.34. The van der Waals surface area contributed by atoms with Crippen LogP contribution >= 0.6 is 11.3 Å². The van der Waals surface area contributed by atoms with Gasteiger partial charge >= 0.3 is 0 Å². The standard InChI is InChI=1S/C12H17NO2S/c1-9(7-11-3-2-6-16-11)12(15)13-5-4-10(14)8-13/h2-3,6,9-10,14H,4-5,7-8H2,1H3/t9?,10-/m1/s1. The minimum absolute atomic E-state index is 0.0175. The van der Waals surface area contributed by atoms with Crippen LogP contribution in [-0.4, -0.2) is 35.1 Å². The predicted octanol–water partition coefficient (Wildman–Crippen LogP) is 1.52.